The molecule has 6 nitrogen and oxygen atoms in total. The standard InChI is InChI=1S/C19H25N3O3/c1-2-10-20-18(24)15-8-6-14(7-9-15)12-21-13-17(23)22-11-4-3-5-16(22)19(21)25/h6-9,16H,2-5,10-13H2,1H3,(H,20,24)/t16-/m0/s1. The molecule has 2 saturated heterocycles. The van der Waals surface area contributed by atoms with Crippen molar-refractivity contribution >= 4 is 17.7 Å². The Morgan fingerprint density at radius 3 is 2.68 bits per heavy atom. The minimum absolute atomic E-state index is 0.0415. The molecule has 0 aromatic heterocycles. The van der Waals surface area contributed by atoms with Gasteiger partial charge >= 0.3 is 0 Å². The van der Waals surface area contributed by atoms with Crippen LogP contribution in [0.2, 0.25) is 0 Å². The Hall–Kier alpha value is -2.37. The van der Waals surface area contributed by atoms with Crippen LogP contribution in [-0.4, -0.2) is 53.2 Å². The molecule has 2 aliphatic heterocycles. The molecule has 0 spiro atoms. The van der Waals surface area contributed by atoms with Gasteiger partial charge < -0.3 is 15.1 Å². The van der Waals surface area contributed by atoms with E-state index in [1.165, 1.54) is 0 Å². The highest BCUT2D eigenvalue weighted by atomic mass is 16.2. The molecule has 1 N–H and O–H groups in total. The number of rotatable bonds is 5. The van der Waals surface area contributed by atoms with Gasteiger partial charge in [-0.1, -0.05) is 19.1 Å². The van der Waals surface area contributed by atoms with Crippen molar-refractivity contribution in [1.82, 2.24) is 15.1 Å². The molecule has 0 saturated carbocycles. The Morgan fingerprint density at radius 2 is 1.96 bits per heavy atom. The highest BCUT2D eigenvalue weighted by Crippen LogP contribution is 2.24. The molecule has 3 amide bonds. The molecule has 2 aliphatic rings. The van der Waals surface area contributed by atoms with Crippen molar-refractivity contribution < 1.29 is 14.4 Å². The molecule has 25 heavy (non-hydrogen) atoms. The van der Waals surface area contributed by atoms with Gasteiger partial charge in [0.25, 0.3) is 5.91 Å². The van der Waals surface area contributed by atoms with Gasteiger partial charge in [0.2, 0.25) is 11.8 Å². The smallest absolute Gasteiger partial charge is 0.251 e. The van der Waals surface area contributed by atoms with E-state index in [9.17, 15) is 14.4 Å². The first kappa shape index (κ1) is 17.5. The van der Waals surface area contributed by atoms with Crippen LogP contribution in [0, 0.1) is 0 Å². The highest BCUT2D eigenvalue weighted by Gasteiger charge is 2.40. The van der Waals surface area contributed by atoms with Crippen LogP contribution in [0.15, 0.2) is 24.3 Å². The summed E-state index contributed by atoms with van der Waals surface area (Å²) in [5, 5.41) is 2.84. The van der Waals surface area contributed by atoms with E-state index in [2.05, 4.69) is 5.32 Å². The van der Waals surface area contributed by atoms with E-state index in [0.717, 1.165) is 31.2 Å². The molecule has 0 bridgehead atoms. The minimum Gasteiger partial charge on any atom is -0.352 e. The molecule has 134 valence electrons. The summed E-state index contributed by atoms with van der Waals surface area (Å²) in [6.45, 7) is 3.92. The van der Waals surface area contributed by atoms with Gasteiger partial charge in [0, 0.05) is 25.2 Å². The summed E-state index contributed by atoms with van der Waals surface area (Å²) >= 11 is 0. The zero-order valence-electron chi connectivity index (χ0n) is 14.7. The minimum atomic E-state index is -0.283. The summed E-state index contributed by atoms with van der Waals surface area (Å²) in [4.78, 5) is 40.3. The second-order valence-corrected chi connectivity index (χ2v) is 6.75. The maximum atomic E-state index is 12.7. The van der Waals surface area contributed by atoms with Gasteiger partial charge in [0.15, 0.2) is 0 Å². The summed E-state index contributed by atoms with van der Waals surface area (Å²) in [5.74, 6) is -0.000553. The monoisotopic (exact) mass is 343 g/mol. The van der Waals surface area contributed by atoms with Gasteiger partial charge in [0.05, 0.1) is 0 Å². The van der Waals surface area contributed by atoms with Crippen molar-refractivity contribution in [2.24, 2.45) is 0 Å². The predicted molar refractivity (Wildman–Crippen MR) is 93.8 cm³/mol. The van der Waals surface area contributed by atoms with E-state index in [-0.39, 0.29) is 30.3 Å². The number of hydrogen-bond donors (Lipinski definition) is 1. The van der Waals surface area contributed by atoms with Crippen molar-refractivity contribution in [1.29, 1.82) is 0 Å². The zero-order chi connectivity index (χ0) is 17.8. The Balaban J connectivity index is 1.64. The number of carbonyl (C=O) groups excluding carboxylic acids is 3. The fourth-order valence-corrected chi connectivity index (χ4v) is 3.49. The van der Waals surface area contributed by atoms with Crippen molar-refractivity contribution in [2.75, 3.05) is 19.6 Å². The summed E-state index contributed by atoms with van der Waals surface area (Å²) in [6, 6.07) is 6.96. The molecule has 1 aromatic carbocycles. The molecule has 1 aromatic rings. The first-order chi connectivity index (χ1) is 12.1. The number of carbonyl (C=O) groups is 3. The van der Waals surface area contributed by atoms with Crippen LogP contribution in [0.1, 0.15) is 48.5 Å². The quantitative estimate of drug-likeness (QED) is 0.882. The summed E-state index contributed by atoms with van der Waals surface area (Å²) in [5.41, 5.74) is 1.54. The second kappa shape index (κ2) is 7.68. The van der Waals surface area contributed by atoms with Crippen LogP contribution in [0.4, 0.5) is 0 Å². The van der Waals surface area contributed by atoms with Crippen molar-refractivity contribution in [3.05, 3.63) is 35.4 Å². The first-order valence-electron chi connectivity index (χ1n) is 9.05. The molecular formula is C19H25N3O3. The van der Waals surface area contributed by atoms with Crippen LogP contribution in [0.25, 0.3) is 0 Å². The van der Waals surface area contributed by atoms with Crippen molar-refractivity contribution in [2.45, 2.75) is 45.2 Å². The topological polar surface area (TPSA) is 69.7 Å². The average Bonchev–Trinajstić information content (AvgIpc) is 2.64. The molecule has 3 rings (SSSR count). The number of nitrogens with one attached hydrogen (secondary N) is 1. The maximum Gasteiger partial charge on any atom is 0.251 e. The van der Waals surface area contributed by atoms with E-state index >= 15 is 0 Å². The first-order valence-corrected chi connectivity index (χ1v) is 9.05. The Kier molecular flexibility index (Phi) is 5.36. The number of nitrogens with zero attached hydrogens (tertiary/aromatic N) is 2. The van der Waals surface area contributed by atoms with E-state index < -0.39 is 0 Å². The lowest BCUT2D eigenvalue weighted by Gasteiger charge is -2.42. The third-order valence-corrected chi connectivity index (χ3v) is 4.87. The summed E-state index contributed by atoms with van der Waals surface area (Å²) < 4.78 is 0. The lowest BCUT2D eigenvalue weighted by Crippen LogP contribution is -2.60. The van der Waals surface area contributed by atoms with Gasteiger partial charge in [-0.25, -0.2) is 0 Å². The number of fused-ring (bicyclic) bond motifs is 1. The molecule has 2 fully saturated rings. The lowest BCUT2D eigenvalue weighted by molar-refractivity contribution is -0.158. The molecule has 1 atom stereocenters. The van der Waals surface area contributed by atoms with Crippen LogP contribution in [0.5, 0.6) is 0 Å². The number of piperidine rings is 1. The largest absolute Gasteiger partial charge is 0.352 e. The molecule has 6 heteroatoms. The van der Waals surface area contributed by atoms with Gasteiger partial charge in [-0.05, 0) is 43.4 Å². The van der Waals surface area contributed by atoms with E-state index in [1.54, 1.807) is 21.9 Å². The summed E-state index contributed by atoms with van der Waals surface area (Å²) in [6.07, 6.45) is 3.64. The fraction of sp³-hybridized carbons (Fsp3) is 0.526. The van der Waals surface area contributed by atoms with Crippen molar-refractivity contribution in [3.63, 3.8) is 0 Å². The molecule has 2 heterocycles. The highest BCUT2D eigenvalue weighted by molar-refractivity contribution is 5.95. The normalized spacial score (nSPS) is 20.4. The number of amides is 3. The Morgan fingerprint density at radius 1 is 1.20 bits per heavy atom. The number of benzene rings is 1. The van der Waals surface area contributed by atoms with E-state index in [0.29, 0.717) is 25.2 Å². The van der Waals surface area contributed by atoms with Crippen LogP contribution in [0.3, 0.4) is 0 Å². The average molecular weight is 343 g/mol. The van der Waals surface area contributed by atoms with Crippen molar-refractivity contribution in [3.8, 4) is 0 Å². The van der Waals surface area contributed by atoms with Gasteiger partial charge in [-0.15, -0.1) is 0 Å². The van der Waals surface area contributed by atoms with Gasteiger partial charge in [-0.2, -0.15) is 0 Å². The van der Waals surface area contributed by atoms with Crippen LogP contribution < -0.4 is 5.32 Å². The third-order valence-electron chi connectivity index (χ3n) is 4.87. The van der Waals surface area contributed by atoms with Gasteiger partial charge in [-0.3, -0.25) is 14.4 Å². The maximum absolute atomic E-state index is 12.7. The lowest BCUT2D eigenvalue weighted by atomic mass is 9.98. The third kappa shape index (κ3) is 3.83. The number of piperazine rings is 1. The number of hydrogen-bond acceptors (Lipinski definition) is 3. The summed E-state index contributed by atoms with van der Waals surface area (Å²) in [7, 11) is 0. The zero-order valence-corrected chi connectivity index (χ0v) is 14.7. The van der Waals surface area contributed by atoms with E-state index in [1.807, 2.05) is 19.1 Å². The predicted octanol–water partition coefficient (Wildman–Crippen LogP) is 1.55. The Bertz CT molecular complexity index is 656. The van der Waals surface area contributed by atoms with Crippen LogP contribution in [-0.2, 0) is 16.1 Å². The second-order valence-electron chi connectivity index (χ2n) is 6.75. The van der Waals surface area contributed by atoms with Crippen LogP contribution >= 0.6 is 0 Å². The fourth-order valence-electron chi connectivity index (χ4n) is 3.49. The molecule has 0 radical (unpaired) electrons. The Labute approximate surface area is 148 Å². The molecule has 0 unspecified atom stereocenters. The van der Waals surface area contributed by atoms with Gasteiger partial charge in [0.1, 0.15) is 12.6 Å². The van der Waals surface area contributed by atoms with E-state index in [4.69, 9.17) is 0 Å². The molecular weight excluding hydrogens is 318 g/mol. The molecule has 0 aliphatic carbocycles. The SMILES string of the molecule is CCCNC(=O)c1ccc(CN2CC(=O)N3CCCC[C@H]3C2=O)cc1.